The largest absolute Gasteiger partial charge is 0.383 e. The van der Waals surface area contributed by atoms with Crippen LogP contribution in [0.1, 0.15) is 12.8 Å². The second-order valence-electron chi connectivity index (χ2n) is 5.16. The van der Waals surface area contributed by atoms with Gasteiger partial charge in [-0.15, -0.1) is 11.8 Å². The summed E-state index contributed by atoms with van der Waals surface area (Å²) < 4.78 is 4.94. The third kappa shape index (κ3) is 4.88. The topological polar surface area (TPSA) is 55.6 Å². The summed E-state index contributed by atoms with van der Waals surface area (Å²) in [6.45, 7) is 1.81. The molecule has 1 aromatic carbocycles. The van der Waals surface area contributed by atoms with Crippen molar-refractivity contribution in [3.8, 4) is 0 Å². The molecule has 1 saturated heterocycles. The number of benzene rings is 1. The number of amides is 1. The molecule has 0 aliphatic carbocycles. The van der Waals surface area contributed by atoms with Gasteiger partial charge in [0, 0.05) is 35.4 Å². The highest BCUT2D eigenvalue weighted by atomic mass is 35.5. The first-order valence-electron chi connectivity index (χ1n) is 7.05. The number of nitrogens with zero attached hydrogens (tertiary/aromatic N) is 1. The molecule has 21 heavy (non-hydrogen) atoms. The van der Waals surface area contributed by atoms with Crippen molar-refractivity contribution in [2.45, 2.75) is 29.0 Å². The van der Waals surface area contributed by atoms with Crippen molar-refractivity contribution in [2.24, 2.45) is 5.73 Å². The molecule has 2 rings (SSSR count). The molecule has 0 saturated carbocycles. The monoisotopic (exact) mass is 328 g/mol. The fourth-order valence-electron chi connectivity index (χ4n) is 2.39. The molecule has 1 aromatic rings. The maximum absolute atomic E-state index is 12.1. The molecule has 2 N–H and O–H groups in total. The lowest BCUT2D eigenvalue weighted by Gasteiger charge is -2.33. The summed E-state index contributed by atoms with van der Waals surface area (Å²) in [5, 5.41) is 1.29. The Hall–Kier alpha value is -0.750. The van der Waals surface area contributed by atoms with Gasteiger partial charge in [-0.3, -0.25) is 4.79 Å². The van der Waals surface area contributed by atoms with E-state index in [1.54, 1.807) is 7.11 Å². The van der Waals surface area contributed by atoms with Crippen LogP contribution in [0.3, 0.4) is 0 Å². The van der Waals surface area contributed by atoms with Crippen LogP contribution in [-0.4, -0.2) is 48.9 Å². The minimum Gasteiger partial charge on any atom is -0.383 e. The zero-order chi connectivity index (χ0) is 15.2. The SMILES string of the molecule is COCC(N)C(=O)N1CCC(Sc2ccc(Cl)cc2)CC1. The van der Waals surface area contributed by atoms with E-state index in [2.05, 4.69) is 0 Å². The molecule has 1 atom stereocenters. The molecule has 116 valence electrons. The first-order chi connectivity index (χ1) is 10.1. The van der Waals surface area contributed by atoms with E-state index in [1.165, 1.54) is 4.90 Å². The predicted octanol–water partition coefficient (Wildman–Crippen LogP) is 2.40. The number of halogens is 1. The summed E-state index contributed by atoms with van der Waals surface area (Å²) in [4.78, 5) is 15.2. The van der Waals surface area contributed by atoms with Crippen molar-refractivity contribution in [1.82, 2.24) is 4.90 Å². The summed E-state index contributed by atoms with van der Waals surface area (Å²) in [6, 6.07) is 7.35. The number of methoxy groups -OCH3 is 1. The Labute approximate surface area is 135 Å². The van der Waals surface area contributed by atoms with E-state index < -0.39 is 6.04 Å². The highest BCUT2D eigenvalue weighted by molar-refractivity contribution is 8.00. The van der Waals surface area contributed by atoms with E-state index in [4.69, 9.17) is 22.1 Å². The lowest BCUT2D eigenvalue weighted by molar-refractivity contribution is -0.134. The highest BCUT2D eigenvalue weighted by Crippen LogP contribution is 2.31. The van der Waals surface area contributed by atoms with Crippen LogP contribution in [0.15, 0.2) is 29.2 Å². The number of likely N-dealkylation sites (tertiary alicyclic amines) is 1. The number of ether oxygens (including phenoxy) is 1. The van der Waals surface area contributed by atoms with Crippen LogP contribution >= 0.6 is 23.4 Å². The molecule has 0 aromatic heterocycles. The molecule has 6 heteroatoms. The van der Waals surface area contributed by atoms with Crippen molar-refractivity contribution in [3.05, 3.63) is 29.3 Å². The Morgan fingerprint density at radius 1 is 1.43 bits per heavy atom. The smallest absolute Gasteiger partial charge is 0.241 e. The summed E-state index contributed by atoms with van der Waals surface area (Å²) in [5.41, 5.74) is 5.80. The van der Waals surface area contributed by atoms with Crippen LogP contribution in [0.2, 0.25) is 5.02 Å². The maximum Gasteiger partial charge on any atom is 0.241 e. The number of nitrogens with two attached hydrogens (primary N) is 1. The van der Waals surface area contributed by atoms with Gasteiger partial charge in [-0.1, -0.05) is 11.6 Å². The third-order valence-corrected chi connectivity index (χ3v) is 5.13. The van der Waals surface area contributed by atoms with Gasteiger partial charge in [0.2, 0.25) is 5.91 Å². The normalized spacial score (nSPS) is 17.8. The van der Waals surface area contributed by atoms with Crippen molar-refractivity contribution in [1.29, 1.82) is 0 Å². The summed E-state index contributed by atoms with van der Waals surface area (Å²) in [5.74, 6) is -0.00760. The van der Waals surface area contributed by atoms with Gasteiger partial charge in [-0.05, 0) is 37.1 Å². The maximum atomic E-state index is 12.1. The van der Waals surface area contributed by atoms with Gasteiger partial charge in [0.25, 0.3) is 0 Å². The van der Waals surface area contributed by atoms with Crippen molar-refractivity contribution >= 4 is 29.3 Å². The van der Waals surface area contributed by atoms with E-state index in [0.717, 1.165) is 31.0 Å². The van der Waals surface area contributed by atoms with Gasteiger partial charge in [0.15, 0.2) is 0 Å². The molecule has 1 heterocycles. The minimum absolute atomic E-state index is 0.00760. The molecule has 0 bridgehead atoms. The van der Waals surface area contributed by atoms with Crippen LogP contribution in [0.25, 0.3) is 0 Å². The van der Waals surface area contributed by atoms with Crippen LogP contribution in [0.4, 0.5) is 0 Å². The molecular weight excluding hydrogens is 308 g/mol. The number of carbonyl (C=O) groups excluding carboxylic acids is 1. The van der Waals surface area contributed by atoms with E-state index in [-0.39, 0.29) is 12.5 Å². The molecule has 1 unspecified atom stereocenters. The van der Waals surface area contributed by atoms with Gasteiger partial charge >= 0.3 is 0 Å². The lowest BCUT2D eigenvalue weighted by Crippen LogP contribution is -2.49. The molecular formula is C15H21ClN2O2S. The van der Waals surface area contributed by atoms with Gasteiger partial charge in [0.05, 0.1) is 6.61 Å². The summed E-state index contributed by atoms with van der Waals surface area (Å²) in [6.07, 6.45) is 1.97. The van der Waals surface area contributed by atoms with Crippen molar-refractivity contribution in [3.63, 3.8) is 0 Å². The molecule has 0 spiro atoms. The Balaban J connectivity index is 1.80. The number of thioether (sulfide) groups is 1. The fourth-order valence-corrected chi connectivity index (χ4v) is 3.64. The second kappa shape index (κ2) is 8.03. The molecule has 1 aliphatic rings. The van der Waals surface area contributed by atoms with Crippen LogP contribution in [0, 0.1) is 0 Å². The molecule has 4 nitrogen and oxygen atoms in total. The standard InChI is InChI=1S/C15H21ClN2O2S/c1-20-10-14(17)15(19)18-8-6-13(7-9-18)21-12-4-2-11(16)3-5-12/h2-5,13-14H,6-10,17H2,1H3. The average Bonchev–Trinajstić information content (AvgIpc) is 2.50. The van der Waals surface area contributed by atoms with E-state index in [0.29, 0.717) is 5.25 Å². The van der Waals surface area contributed by atoms with E-state index >= 15 is 0 Å². The summed E-state index contributed by atoms with van der Waals surface area (Å²) in [7, 11) is 1.56. The van der Waals surface area contributed by atoms with Crippen LogP contribution in [0.5, 0.6) is 0 Å². The Bertz CT molecular complexity index is 461. The van der Waals surface area contributed by atoms with Gasteiger partial charge in [-0.25, -0.2) is 0 Å². The van der Waals surface area contributed by atoms with Crippen molar-refractivity contribution in [2.75, 3.05) is 26.8 Å². The summed E-state index contributed by atoms with van der Waals surface area (Å²) >= 11 is 7.74. The van der Waals surface area contributed by atoms with Gasteiger partial charge in [-0.2, -0.15) is 0 Å². The third-order valence-electron chi connectivity index (χ3n) is 3.53. The molecule has 1 aliphatic heterocycles. The fraction of sp³-hybridized carbons (Fsp3) is 0.533. The zero-order valence-electron chi connectivity index (χ0n) is 12.1. The van der Waals surface area contributed by atoms with E-state index in [1.807, 2.05) is 40.9 Å². The number of piperidine rings is 1. The predicted molar refractivity (Wildman–Crippen MR) is 86.8 cm³/mol. The number of hydrogen-bond donors (Lipinski definition) is 1. The highest BCUT2D eigenvalue weighted by Gasteiger charge is 2.26. The van der Waals surface area contributed by atoms with Crippen LogP contribution in [-0.2, 0) is 9.53 Å². The Morgan fingerprint density at radius 3 is 2.62 bits per heavy atom. The number of carbonyl (C=O) groups is 1. The number of hydrogen-bond acceptors (Lipinski definition) is 4. The van der Waals surface area contributed by atoms with Crippen molar-refractivity contribution < 1.29 is 9.53 Å². The number of rotatable bonds is 5. The Morgan fingerprint density at radius 2 is 2.05 bits per heavy atom. The van der Waals surface area contributed by atoms with Gasteiger partial charge < -0.3 is 15.4 Å². The first kappa shape index (κ1) is 16.6. The zero-order valence-corrected chi connectivity index (χ0v) is 13.7. The minimum atomic E-state index is -0.546. The quantitative estimate of drug-likeness (QED) is 0.901. The molecule has 0 radical (unpaired) electrons. The van der Waals surface area contributed by atoms with E-state index in [9.17, 15) is 4.79 Å². The average molecular weight is 329 g/mol. The second-order valence-corrected chi connectivity index (χ2v) is 6.97. The first-order valence-corrected chi connectivity index (χ1v) is 8.31. The Kier molecular flexibility index (Phi) is 6.36. The lowest BCUT2D eigenvalue weighted by atomic mass is 10.1. The van der Waals surface area contributed by atoms with Crippen LogP contribution < -0.4 is 5.73 Å². The van der Waals surface area contributed by atoms with Gasteiger partial charge in [0.1, 0.15) is 6.04 Å². The molecule has 1 amide bonds. The molecule has 1 fully saturated rings.